The van der Waals surface area contributed by atoms with Gasteiger partial charge in [0.1, 0.15) is 0 Å². The van der Waals surface area contributed by atoms with Crippen LogP contribution >= 0.6 is 11.3 Å². The van der Waals surface area contributed by atoms with Gasteiger partial charge in [-0.3, -0.25) is 9.59 Å². The molecule has 2 unspecified atom stereocenters. The van der Waals surface area contributed by atoms with Gasteiger partial charge in [-0.1, -0.05) is 20.3 Å². The maximum Gasteiger partial charge on any atom is 0.305 e. The van der Waals surface area contributed by atoms with Crippen LogP contribution < -0.4 is 5.32 Å². The summed E-state index contributed by atoms with van der Waals surface area (Å²) in [4.78, 5) is 25.2. The molecule has 0 saturated heterocycles. The monoisotopic (exact) mass is 309 g/mol. The Morgan fingerprint density at radius 1 is 1.52 bits per heavy atom. The van der Waals surface area contributed by atoms with Crippen molar-refractivity contribution in [2.75, 3.05) is 0 Å². The Morgan fingerprint density at radius 3 is 2.95 bits per heavy atom. The standard InChI is InChI=1S/C16H23NO3S/c1-3-4-12(9-15(18)19)17-16(20)14-8-11-7-10(2)5-6-13(11)21-14/h8,10,12H,3-7,9H2,1-2H3,(H,17,20)(H,18,19). The van der Waals surface area contributed by atoms with E-state index in [1.165, 1.54) is 16.9 Å². The molecule has 4 nitrogen and oxygen atoms in total. The number of aliphatic carboxylic acids is 1. The quantitative estimate of drug-likeness (QED) is 0.847. The third-order valence-electron chi connectivity index (χ3n) is 3.95. The number of rotatable bonds is 6. The van der Waals surface area contributed by atoms with Crippen molar-refractivity contribution in [3.63, 3.8) is 0 Å². The predicted molar refractivity (Wildman–Crippen MR) is 83.9 cm³/mol. The highest BCUT2D eigenvalue weighted by atomic mass is 32.1. The molecule has 1 aliphatic rings. The Morgan fingerprint density at radius 2 is 2.29 bits per heavy atom. The lowest BCUT2D eigenvalue weighted by Crippen LogP contribution is -2.36. The van der Waals surface area contributed by atoms with Gasteiger partial charge in [-0.2, -0.15) is 0 Å². The fourth-order valence-corrected chi connectivity index (χ4v) is 3.97. The molecule has 0 spiro atoms. The summed E-state index contributed by atoms with van der Waals surface area (Å²) in [6.07, 6.45) is 4.83. The second kappa shape index (κ2) is 7.07. The van der Waals surface area contributed by atoms with Crippen LogP contribution in [0.3, 0.4) is 0 Å². The largest absolute Gasteiger partial charge is 0.481 e. The maximum atomic E-state index is 12.3. The van der Waals surface area contributed by atoms with Crippen LogP contribution in [0.4, 0.5) is 0 Å². The van der Waals surface area contributed by atoms with Crippen LogP contribution in [0.5, 0.6) is 0 Å². The summed E-state index contributed by atoms with van der Waals surface area (Å²) in [5, 5.41) is 11.8. The average molecular weight is 309 g/mol. The number of nitrogens with one attached hydrogen (secondary N) is 1. The second-order valence-corrected chi connectivity index (χ2v) is 7.10. The van der Waals surface area contributed by atoms with Crippen molar-refractivity contribution in [1.29, 1.82) is 0 Å². The SMILES string of the molecule is CCCC(CC(=O)O)NC(=O)c1cc2c(s1)CCC(C)C2. The smallest absolute Gasteiger partial charge is 0.305 e. The number of thiophene rings is 1. The van der Waals surface area contributed by atoms with Gasteiger partial charge in [0.25, 0.3) is 5.91 Å². The summed E-state index contributed by atoms with van der Waals surface area (Å²) in [7, 11) is 0. The Labute approximate surface area is 129 Å². The summed E-state index contributed by atoms with van der Waals surface area (Å²) in [6.45, 7) is 4.23. The zero-order chi connectivity index (χ0) is 15.4. The first-order valence-electron chi connectivity index (χ1n) is 7.63. The molecule has 0 saturated carbocycles. The Balaban J connectivity index is 2.03. The number of amides is 1. The number of carboxylic acids is 1. The molecule has 0 fully saturated rings. The zero-order valence-corrected chi connectivity index (χ0v) is 13.5. The number of carboxylic acid groups (broad SMARTS) is 1. The molecule has 0 aliphatic heterocycles. The molecule has 0 bridgehead atoms. The number of carbonyl (C=O) groups is 2. The molecule has 2 N–H and O–H groups in total. The first-order chi connectivity index (χ1) is 9.99. The van der Waals surface area contributed by atoms with Crippen LogP contribution in [0.1, 0.15) is 59.6 Å². The van der Waals surface area contributed by atoms with Crippen molar-refractivity contribution >= 4 is 23.2 Å². The molecule has 116 valence electrons. The molecule has 1 heterocycles. The highest BCUT2D eigenvalue weighted by Gasteiger charge is 2.22. The van der Waals surface area contributed by atoms with Crippen LogP contribution in [0.25, 0.3) is 0 Å². The van der Waals surface area contributed by atoms with Gasteiger partial charge in [0.2, 0.25) is 0 Å². The lowest BCUT2D eigenvalue weighted by Gasteiger charge is -2.16. The molecule has 5 heteroatoms. The van der Waals surface area contributed by atoms with Gasteiger partial charge < -0.3 is 10.4 Å². The van der Waals surface area contributed by atoms with E-state index in [0.717, 1.165) is 24.1 Å². The van der Waals surface area contributed by atoms with Gasteiger partial charge >= 0.3 is 5.97 Å². The van der Waals surface area contributed by atoms with E-state index in [2.05, 4.69) is 12.2 Å². The summed E-state index contributed by atoms with van der Waals surface area (Å²) in [5.74, 6) is -0.308. The van der Waals surface area contributed by atoms with Gasteiger partial charge in [-0.15, -0.1) is 11.3 Å². The zero-order valence-electron chi connectivity index (χ0n) is 12.6. The van der Waals surface area contributed by atoms with Crippen LogP contribution in [-0.4, -0.2) is 23.0 Å². The van der Waals surface area contributed by atoms with Crippen LogP contribution in [0.2, 0.25) is 0 Å². The van der Waals surface area contributed by atoms with E-state index in [-0.39, 0.29) is 18.4 Å². The number of fused-ring (bicyclic) bond motifs is 1. The number of hydrogen-bond acceptors (Lipinski definition) is 3. The van der Waals surface area contributed by atoms with E-state index in [1.54, 1.807) is 11.3 Å². The maximum absolute atomic E-state index is 12.3. The average Bonchev–Trinajstić information content (AvgIpc) is 2.81. The first-order valence-corrected chi connectivity index (χ1v) is 8.45. The molecule has 1 aliphatic carbocycles. The third kappa shape index (κ3) is 4.30. The predicted octanol–water partition coefficient (Wildman–Crippen LogP) is 3.25. The van der Waals surface area contributed by atoms with E-state index in [1.807, 2.05) is 13.0 Å². The summed E-state index contributed by atoms with van der Waals surface area (Å²) in [5.41, 5.74) is 1.30. The molecular weight excluding hydrogens is 286 g/mol. The molecule has 1 aromatic heterocycles. The molecular formula is C16H23NO3S. The number of hydrogen-bond donors (Lipinski definition) is 2. The van der Waals surface area contributed by atoms with Crippen LogP contribution in [-0.2, 0) is 17.6 Å². The summed E-state index contributed by atoms with van der Waals surface area (Å²) in [6, 6.07) is 1.72. The van der Waals surface area contributed by atoms with Gasteiger partial charge in [0, 0.05) is 10.9 Å². The van der Waals surface area contributed by atoms with E-state index in [4.69, 9.17) is 5.11 Å². The van der Waals surface area contributed by atoms with Crippen molar-refractivity contribution < 1.29 is 14.7 Å². The Kier molecular flexibility index (Phi) is 5.39. The van der Waals surface area contributed by atoms with E-state index >= 15 is 0 Å². The topological polar surface area (TPSA) is 66.4 Å². The van der Waals surface area contributed by atoms with Crippen molar-refractivity contribution in [2.45, 2.75) is 58.4 Å². The third-order valence-corrected chi connectivity index (χ3v) is 5.18. The lowest BCUT2D eigenvalue weighted by atomic mass is 9.90. The first kappa shape index (κ1) is 16.0. The number of aryl methyl sites for hydroxylation is 1. The molecule has 0 aromatic carbocycles. The summed E-state index contributed by atoms with van der Waals surface area (Å²) >= 11 is 1.56. The minimum Gasteiger partial charge on any atom is -0.481 e. The second-order valence-electron chi connectivity index (χ2n) is 5.96. The summed E-state index contributed by atoms with van der Waals surface area (Å²) < 4.78 is 0. The van der Waals surface area contributed by atoms with Crippen molar-refractivity contribution in [3.8, 4) is 0 Å². The highest BCUT2D eigenvalue weighted by Crippen LogP contribution is 2.32. The van der Waals surface area contributed by atoms with Gasteiger partial charge in [0.05, 0.1) is 11.3 Å². The van der Waals surface area contributed by atoms with Gasteiger partial charge in [-0.25, -0.2) is 0 Å². The molecule has 2 rings (SSSR count). The van der Waals surface area contributed by atoms with Crippen molar-refractivity contribution in [2.24, 2.45) is 5.92 Å². The van der Waals surface area contributed by atoms with Crippen molar-refractivity contribution in [3.05, 3.63) is 21.4 Å². The molecule has 2 atom stereocenters. The normalized spacial score (nSPS) is 18.9. The molecule has 0 radical (unpaired) electrons. The van der Waals surface area contributed by atoms with E-state index in [9.17, 15) is 9.59 Å². The lowest BCUT2D eigenvalue weighted by molar-refractivity contribution is -0.137. The van der Waals surface area contributed by atoms with Gasteiger partial charge in [-0.05, 0) is 43.2 Å². The molecule has 21 heavy (non-hydrogen) atoms. The minimum absolute atomic E-state index is 0.0122. The molecule has 1 amide bonds. The van der Waals surface area contributed by atoms with Crippen LogP contribution in [0.15, 0.2) is 6.07 Å². The Bertz CT molecular complexity index is 524. The van der Waals surface area contributed by atoms with Gasteiger partial charge in [0.15, 0.2) is 0 Å². The van der Waals surface area contributed by atoms with Crippen LogP contribution in [0, 0.1) is 5.92 Å². The van der Waals surface area contributed by atoms with E-state index < -0.39 is 5.97 Å². The Hall–Kier alpha value is -1.36. The fraction of sp³-hybridized carbons (Fsp3) is 0.625. The fourth-order valence-electron chi connectivity index (χ4n) is 2.86. The number of carbonyl (C=O) groups excluding carboxylic acids is 1. The van der Waals surface area contributed by atoms with E-state index in [0.29, 0.717) is 12.3 Å². The molecule has 1 aromatic rings. The van der Waals surface area contributed by atoms with Crippen molar-refractivity contribution in [1.82, 2.24) is 5.32 Å². The highest BCUT2D eigenvalue weighted by molar-refractivity contribution is 7.14. The minimum atomic E-state index is -0.868.